The van der Waals surface area contributed by atoms with Crippen molar-refractivity contribution in [1.82, 2.24) is 5.32 Å². The van der Waals surface area contributed by atoms with Gasteiger partial charge in [-0.2, -0.15) is 0 Å². The van der Waals surface area contributed by atoms with Gasteiger partial charge in [-0.1, -0.05) is 6.92 Å². The van der Waals surface area contributed by atoms with E-state index in [1.54, 1.807) is 0 Å². The molecule has 0 rings (SSSR count). The maximum absolute atomic E-state index is 11.4. The van der Waals surface area contributed by atoms with Gasteiger partial charge in [-0.25, -0.2) is 0 Å². The summed E-state index contributed by atoms with van der Waals surface area (Å²) in [7, 11) is 0. The molecule has 0 fully saturated rings. The number of carbonyl (C=O) groups excluding carboxylic acids is 1. The summed E-state index contributed by atoms with van der Waals surface area (Å²) in [6.45, 7) is 3.90. The average molecular weight is 196 g/mol. The van der Waals surface area contributed by atoms with Crippen LogP contribution in [-0.2, 0) is 4.79 Å². The van der Waals surface area contributed by atoms with E-state index in [9.17, 15) is 4.79 Å². The summed E-state index contributed by atoms with van der Waals surface area (Å²) >= 11 is 0. The number of amides is 1. The Morgan fingerprint density at radius 2 is 2.29 bits per heavy atom. The van der Waals surface area contributed by atoms with Crippen LogP contribution in [0.15, 0.2) is 0 Å². The lowest BCUT2D eigenvalue weighted by Gasteiger charge is -2.14. The van der Waals surface area contributed by atoms with Crippen molar-refractivity contribution in [2.24, 2.45) is 5.73 Å². The summed E-state index contributed by atoms with van der Waals surface area (Å²) in [5, 5.41) is 2.89. The fraction of sp³-hybridized carbons (Fsp3) is 0.727. The van der Waals surface area contributed by atoms with E-state index in [1.807, 2.05) is 13.8 Å². The second-order valence-electron chi connectivity index (χ2n) is 3.60. The first-order valence-electron chi connectivity index (χ1n) is 5.08. The summed E-state index contributed by atoms with van der Waals surface area (Å²) in [6.07, 6.45) is 7.85. The molecule has 0 bridgehead atoms. The normalized spacial score (nSPS) is 14.1. The van der Waals surface area contributed by atoms with Gasteiger partial charge in [0.25, 0.3) is 0 Å². The average Bonchev–Trinajstić information content (AvgIpc) is 2.14. The van der Waals surface area contributed by atoms with Crippen LogP contribution in [0, 0.1) is 12.3 Å². The van der Waals surface area contributed by atoms with E-state index in [4.69, 9.17) is 12.2 Å². The molecule has 0 aliphatic rings. The van der Waals surface area contributed by atoms with Crippen LogP contribution in [0.3, 0.4) is 0 Å². The molecule has 0 aliphatic heterocycles. The first-order valence-corrected chi connectivity index (χ1v) is 5.08. The Bertz CT molecular complexity index is 206. The van der Waals surface area contributed by atoms with Crippen molar-refractivity contribution in [3.8, 4) is 12.3 Å². The number of nitrogens with two attached hydrogens (primary N) is 1. The van der Waals surface area contributed by atoms with Crippen molar-refractivity contribution in [1.29, 1.82) is 0 Å². The summed E-state index contributed by atoms with van der Waals surface area (Å²) in [5.41, 5.74) is 5.55. The number of rotatable bonds is 6. The lowest BCUT2D eigenvalue weighted by molar-refractivity contribution is -0.121. The zero-order chi connectivity index (χ0) is 11.0. The van der Waals surface area contributed by atoms with Gasteiger partial charge in [0.15, 0.2) is 0 Å². The van der Waals surface area contributed by atoms with E-state index in [0.29, 0.717) is 12.8 Å². The fourth-order valence-electron chi connectivity index (χ4n) is 1.10. The van der Waals surface area contributed by atoms with Crippen LogP contribution in [-0.4, -0.2) is 18.0 Å². The molecule has 0 saturated carbocycles. The van der Waals surface area contributed by atoms with E-state index in [1.165, 1.54) is 0 Å². The molecule has 0 spiro atoms. The largest absolute Gasteiger partial charge is 0.352 e. The summed E-state index contributed by atoms with van der Waals surface area (Å²) in [5.74, 6) is 2.60. The molecule has 0 aromatic rings. The predicted molar refractivity (Wildman–Crippen MR) is 58.6 cm³/mol. The molecule has 0 aromatic carbocycles. The van der Waals surface area contributed by atoms with E-state index >= 15 is 0 Å². The van der Waals surface area contributed by atoms with Gasteiger partial charge in [0, 0.05) is 24.9 Å². The topological polar surface area (TPSA) is 55.1 Å². The van der Waals surface area contributed by atoms with Crippen LogP contribution >= 0.6 is 0 Å². The fourth-order valence-corrected chi connectivity index (χ4v) is 1.10. The minimum Gasteiger partial charge on any atom is -0.352 e. The highest BCUT2D eigenvalue weighted by atomic mass is 16.1. The second-order valence-corrected chi connectivity index (χ2v) is 3.60. The van der Waals surface area contributed by atoms with Gasteiger partial charge < -0.3 is 11.1 Å². The third-order valence-electron chi connectivity index (χ3n) is 2.05. The quantitative estimate of drug-likeness (QED) is 0.623. The van der Waals surface area contributed by atoms with Gasteiger partial charge in [-0.3, -0.25) is 4.79 Å². The molecule has 3 heteroatoms. The molecular formula is C11H20N2O. The Morgan fingerprint density at radius 1 is 1.64 bits per heavy atom. The molecule has 2 atom stereocenters. The minimum atomic E-state index is 0.0457. The van der Waals surface area contributed by atoms with Crippen molar-refractivity contribution in [2.45, 2.75) is 51.6 Å². The monoisotopic (exact) mass is 196 g/mol. The molecule has 0 aliphatic carbocycles. The van der Waals surface area contributed by atoms with Crippen molar-refractivity contribution < 1.29 is 4.79 Å². The molecule has 3 nitrogen and oxygen atoms in total. The molecule has 1 amide bonds. The van der Waals surface area contributed by atoms with Crippen LogP contribution in [0.25, 0.3) is 0 Å². The highest BCUT2D eigenvalue weighted by Crippen LogP contribution is 1.99. The van der Waals surface area contributed by atoms with E-state index in [0.717, 1.165) is 12.8 Å². The van der Waals surface area contributed by atoms with Gasteiger partial charge in [0.1, 0.15) is 0 Å². The Morgan fingerprint density at radius 3 is 2.71 bits per heavy atom. The van der Waals surface area contributed by atoms with E-state index < -0.39 is 0 Å². The van der Waals surface area contributed by atoms with Crippen molar-refractivity contribution >= 4 is 5.91 Å². The zero-order valence-electron chi connectivity index (χ0n) is 9.05. The maximum atomic E-state index is 11.4. The number of terminal acetylenes is 1. The molecule has 14 heavy (non-hydrogen) atoms. The third kappa shape index (κ3) is 6.50. The van der Waals surface area contributed by atoms with Crippen LogP contribution in [0.1, 0.15) is 39.5 Å². The first kappa shape index (κ1) is 13.0. The summed E-state index contributed by atoms with van der Waals surface area (Å²) in [6, 6.07) is 0.189. The van der Waals surface area contributed by atoms with Gasteiger partial charge >= 0.3 is 0 Å². The number of hydrogen-bond acceptors (Lipinski definition) is 2. The smallest absolute Gasteiger partial charge is 0.220 e. The van der Waals surface area contributed by atoms with Gasteiger partial charge in [-0.05, 0) is 19.8 Å². The first-order chi connectivity index (χ1) is 6.60. The third-order valence-corrected chi connectivity index (χ3v) is 2.05. The van der Waals surface area contributed by atoms with Crippen molar-refractivity contribution in [2.75, 3.05) is 0 Å². The van der Waals surface area contributed by atoms with Gasteiger partial charge in [-0.15, -0.1) is 12.3 Å². The molecule has 0 saturated heterocycles. The van der Waals surface area contributed by atoms with Crippen LogP contribution in [0.4, 0.5) is 0 Å². The predicted octanol–water partition coefficient (Wildman–Crippen LogP) is 1.03. The molecule has 80 valence electrons. The molecular weight excluding hydrogens is 176 g/mol. The van der Waals surface area contributed by atoms with Crippen LogP contribution in [0.2, 0.25) is 0 Å². The highest BCUT2D eigenvalue weighted by molar-refractivity contribution is 5.76. The Balaban J connectivity index is 3.74. The van der Waals surface area contributed by atoms with Crippen molar-refractivity contribution in [3.63, 3.8) is 0 Å². The maximum Gasteiger partial charge on any atom is 0.220 e. The summed E-state index contributed by atoms with van der Waals surface area (Å²) < 4.78 is 0. The van der Waals surface area contributed by atoms with Gasteiger partial charge in [0.2, 0.25) is 5.91 Å². The standard InChI is InChI=1S/C11H20N2O/c1-4-6-10(5-2)13-11(14)8-7-9(3)12/h1,9-10H,5-8,12H2,2-3H3,(H,13,14). The van der Waals surface area contributed by atoms with E-state index in [2.05, 4.69) is 11.2 Å². The second kappa shape index (κ2) is 7.40. The lowest BCUT2D eigenvalue weighted by atomic mass is 10.1. The van der Waals surface area contributed by atoms with Crippen LogP contribution in [0.5, 0.6) is 0 Å². The number of hydrogen-bond donors (Lipinski definition) is 2. The van der Waals surface area contributed by atoms with Crippen LogP contribution < -0.4 is 11.1 Å². The molecule has 0 heterocycles. The Hall–Kier alpha value is -1.01. The Labute approximate surface area is 86.4 Å². The zero-order valence-corrected chi connectivity index (χ0v) is 9.05. The lowest BCUT2D eigenvalue weighted by Crippen LogP contribution is -2.34. The Kier molecular flexibility index (Phi) is 6.87. The SMILES string of the molecule is C#CCC(CC)NC(=O)CCC(C)N. The molecule has 3 N–H and O–H groups in total. The van der Waals surface area contributed by atoms with Crippen molar-refractivity contribution in [3.05, 3.63) is 0 Å². The molecule has 2 unspecified atom stereocenters. The number of carbonyl (C=O) groups is 1. The highest BCUT2D eigenvalue weighted by Gasteiger charge is 2.09. The summed E-state index contributed by atoms with van der Waals surface area (Å²) in [4.78, 5) is 11.4. The molecule has 0 radical (unpaired) electrons. The van der Waals surface area contributed by atoms with E-state index in [-0.39, 0.29) is 18.0 Å². The van der Waals surface area contributed by atoms with Gasteiger partial charge in [0.05, 0.1) is 0 Å². The number of nitrogens with one attached hydrogen (secondary N) is 1. The minimum absolute atomic E-state index is 0.0457. The molecule has 0 aromatic heterocycles.